The van der Waals surface area contributed by atoms with Crippen LogP contribution in [0.5, 0.6) is 0 Å². The van der Waals surface area contributed by atoms with Crippen LogP contribution in [0, 0.1) is 0 Å². The number of benzene rings is 1. The lowest BCUT2D eigenvalue weighted by molar-refractivity contribution is -0.122. The fourth-order valence-electron chi connectivity index (χ4n) is 1.91. The molecule has 1 atom stereocenters. The molecule has 0 radical (unpaired) electrons. The minimum absolute atomic E-state index is 0. The van der Waals surface area contributed by atoms with Crippen LogP contribution in [0.25, 0.3) is 0 Å². The summed E-state index contributed by atoms with van der Waals surface area (Å²) in [6, 6.07) is 8.39. The van der Waals surface area contributed by atoms with Gasteiger partial charge in [0.1, 0.15) is 0 Å². The zero-order valence-electron chi connectivity index (χ0n) is 12.7. The molecule has 0 heterocycles. The fraction of sp³-hybridized carbons (Fsp3) is 0.533. The zero-order valence-corrected chi connectivity index (χ0v) is 14.3. The highest BCUT2D eigenvalue weighted by Crippen LogP contribution is 2.18. The lowest BCUT2D eigenvalue weighted by atomic mass is 10.1. The van der Waals surface area contributed by atoms with Crippen LogP contribution in [0.3, 0.4) is 0 Å². The predicted octanol–water partition coefficient (Wildman–Crippen LogP) is 3.35. The number of hydrogen-bond acceptors (Lipinski definition) is 3. The van der Waals surface area contributed by atoms with Crippen LogP contribution in [-0.4, -0.2) is 36.7 Å². The van der Waals surface area contributed by atoms with Gasteiger partial charge in [0, 0.05) is 4.90 Å². The first-order valence-electron chi connectivity index (χ1n) is 6.76. The third kappa shape index (κ3) is 6.16. The minimum atomic E-state index is 0. The minimum Gasteiger partial charge on any atom is -0.348 e. The number of carbonyl (C=O) groups is 1. The van der Waals surface area contributed by atoms with E-state index in [4.69, 9.17) is 0 Å². The van der Waals surface area contributed by atoms with Crippen molar-refractivity contribution in [3.05, 3.63) is 29.8 Å². The largest absolute Gasteiger partial charge is 0.348 e. The Hall–Kier alpha value is -0.710. The highest BCUT2D eigenvalue weighted by atomic mass is 35.5. The van der Waals surface area contributed by atoms with Crippen LogP contribution in [0.15, 0.2) is 29.2 Å². The molecule has 114 valence electrons. The van der Waals surface area contributed by atoms with Crippen LogP contribution in [-0.2, 0) is 4.79 Å². The van der Waals surface area contributed by atoms with Gasteiger partial charge in [-0.25, -0.2) is 0 Å². The Labute approximate surface area is 132 Å². The van der Waals surface area contributed by atoms with Crippen molar-refractivity contribution in [1.82, 2.24) is 10.2 Å². The van der Waals surface area contributed by atoms with Gasteiger partial charge in [-0.05, 0) is 44.0 Å². The van der Waals surface area contributed by atoms with Crippen molar-refractivity contribution in [3.63, 3.8) is 0 Å². The van der Waals surface area contributed by atoms with Crippen LogP contribution < -0.4 is 5.32 Å². The SMILES string of the molecule is CCN(CC)CC(=O)NC(C)c1ccc(SC)cc1.Cl. The summed E-state index contributed by atoms with van der Waals surface area (Å²) >= 11 is 1.72. The molecule has 1 amide bonds. The van der Waals surface area contributed by atoms with E-state index in [-0.39, 0.29) is 24.4 Å². The molecular formula is C15H25ClN2OS. The second-order valence-corrected chi connectivity index (χ2v) is 5.40. The lowest BCUT2D eigenvalue weighted by Gasteiger charge is -2.20. The Morgan fingerprint density at radius 3 is 2.25 bits per heavy atom. The molecule has 0 aliphatic heterocycles. The molecule has 1 rings (SSSR count). The van der Waals surface area contributed by atoms with E-state index in [1.54, 1.807) is 11.8 Å². The summed E-state index contributed by atoms with van der Waals surface area (Å²) in [6.45, 7) is 8.44. The van der Waals surface area contributed by atoms with Gasteiger partial charge in [0.15, 0.2) is 0 Å². The predicted molar refractivity (Wildman–Crippen MR) is 89.8 cm³/mol. The number of carbonyl (C=O) groups excluding carboxylic acids is 1. The summed E-state index contributed by atoms with van der Waals surface area (Å²) in [5, 5.41) is 3.05. The maximum Gasteiger partial charge on any atom is 0.234 e. The quantitative estimate of drug-likeness (QED) is 0.783. The highest BCUT2D eigenvalue weighted by molar-refractivity contribution is 7.98. The van der Waals surface area contributed by atoms with Gasteiger partial charge in [-0.3, -0.25) is 9.69 Å². The first-order chi connectivity index (χ1) is 9.10. The molecule has 0 spiro atoms. The monoisotopic (exact) mass is 316 g/mol. The molecule has 0 saturated carbocycles. The molecule has 1 N–H and O–H groups in total. The van der Waals surface area contributed by atoms with Gasteiger partial charge in [0.25, 0.3) is 0 Å². The molecule has 0 fully saturated rings. The van der Waals surface area contributed by atoms with E-state index < -0.39 is 0 Å². The normalized spacial score (nSPS) is 11.8. The van der Waals surface area contributed by atoms with Crippen molar-refractivity contribution in [2.75, 3.05) is 25.9 Å². The van der Waals surface area contributed by atoms with Gasteiger partial charge in [-0.2, -0.15) is 0 Å². The Morgan fingerprint density at radius 1 is 1.25 bits per heavy atom. The van der Waals surface area contributed by atoms with Gasteiger partial charge in [0.05, 0.1) is 12.6 Å². The van der Waals surface area contributed by atoms with Crippen molar-refractivity contribution >= 4 is 30.1 Å². The molecule has 0 aromatic heterocycles. The third-order valence-corrected chi connectivity index (χ3v) is 4.00. The van der Waals surface area contributed by atoms with E-state index in [1.807, 2.05) is 6.92 Å². The summed E-state index contributed by atoms with van der Waals surface area (Å²) in [7, 11) is 0. The summed E-state index contributed by atoms with van der Waals surface area (Å²) in [4.78, 5) is 15.3. The number of nitrogens with one attached hydrogen (secondary N) is 1. The van der Waals surface area contributed by atoms with Crippen LogP contribution in [0.2, 0.25) is 0 Å². The number of rotatable bonds is 7. The van der Waals surface area contributed by atoms with Crippen molar-refractivity contribution < 1.29 is 4.79 Å². The molecule has 3 nitrogen and oxygen atoms in total. The second-order valence-electron chi connectivity index (χ2n) is 4.52. The molecule has 5 heteroatoms. The first kappa shape index (κ1) is 19.3. The average molecular weight is 317 g/mol. The average Bonchev–Trinajstić information content (AvgIpc) is 2.44. The van der Waals surface area contributed by atoms with E-state index in [9.17, 15) is 4.79 Å². The smallest absolute Gasteiger partial charge is 0.234 e. The van der Waals surface area contributed by atoms with Crippen LogP contribution >= 0.6 is 24.2 Å². The van der Waals surface area contributed by atoms with Crippen molar-refractivity contribution in [3.8, 4) is 0 Å². The van der Waals surface area contributed by atoms with E-state index >= 15 is 0 Å². The van der Waals surface area contributed by atoms with Crippen LogP contribution in [0.1, 0.15) is 32.4 Å². The molecule has 1 unspecified atom stereocenters. The molecule has 0 aliphatic rings. The molecule has 1 aromatic carbocycles. The van der Waals surface area contributed by atoms with Crippen molar-refractivity contribution in [1.29, 1.82) is 0 Å². The van der Waals surface area contributed by atoms with Crippen LogP contribution in [0.4, 0.5) is 0 Å². The molecule has 0 aliphatic carbocycles. The van der Waals surface area contributed by atoms with Crippen molar-refractivity contribution in [2.24, 2.45) is 0 Å². The second kappa shape index (κ2) is 10.1. The number of amides is 1. The summed E-state index contributed by atoms with van der Waals surface area (Å²) in [5.74, 6) is 0.0881. The first-order valence-corrected chi connectivity index (χ1v) is 7.98. The van der Waals surface area contributed by atoms with E-state index in [0.29, 0.717) is 6.54 Å². The van der Waals surface area contributed by atoms with Gasteiger partial charge in [-0.15, -0.1) is 24.2 Å². The molecule has 1 aromatic rings. The molecule has 0 bridgehead atoms. The molecule has 20 heavy (non-hydrogen) atoms. The zero-order chi connectivity index (χ0) is 14.3. The van der Waals surface area contributed by atoms with E-state index in [1.165, 1.54) is 4.90 Å². The fourth-order valence-corrected chi connectivity index (χ4v) is 2.32. The Kier molecular flexibility index (Phi) is 9.72. The number of hydrogen-bond donors (Lipinski definition) is 1. The van der Waals surface area contributed by atoms with E-state index in [2.05, 4.69) is 54.6 Å². The standard InChI is InChI=1S/C15H24N2OS.ClH/c1-5-17(6-2)11-15(18)16-12(3)13-7-9-14(19-4)10-8-13;/h7-10,12H,5-6,11H2,1-4H3,(H,16,18);1H. The Balaban J connectivity index is 0.00000361. The summed E-state index contributed by atoms with van der Waals surface area (Å²) < 4.78 is 0. The Morgan fingerprint density at radius 2 is 1.80 bits per heavy atom. The third-order valence-electron chi connectivity index (χ3n) is 3.25. The molecular weight excluding hydrogens is 292 g/mol. The van der Waals surface area contributed by atoms with Crippen molar-refractivity contribution in [2.45, 2.75) is 31.7 Å². The number of nitrogens with zero attached hydrogens (tertiary/aromatic N) is 1. The van der Waals surface area contributed by atoms with Gasteiger partial charge < -0.3 is 5.32 Å². The number of likely N-dealkylation sites (N-methyl/N-ethyl adjacent to an activating group) is 1. The maximum absolute atomic E-state index is 11.9. The topological polar surface area (TPSA) is 32.3 Å². The maximum atomic E-state index is 11.9. The highest BCUT2D eigenvalue weighted by Gasteiger charge is 2.11. The Bertz CT molecular complexity index is 393. The van der Waals surface area contributed by atoms with Gasteiger partial charge in [0.2, 0.25) is 5.91 Å². The number of halogens is 1. The van der Waals surface area contributed by atoms with Gasteiger partial charge in [-0.1, -0.05) is 26.0 Å². The van der Waals surface area contributed by atoms with Gasteiger partial charge >= 0.3 is 0 Å². The molecule has 0 saturated heterocycles. The summed E-state index contributed by atoms with van der Waals surface area (Å²) in [6.07, 6.45) is 2.06. The number of thioether (sulfide) groups is 1. The lowest BCUT2D eigenvalue weighted by Crippen LogP contribution is -2.38. The summed E-state index contributed by atoms with van der Waals surface area (Å²) in [5.41, 5.74) is 1.14. The van der Waals surface area contributed by atoms with E-state index in [0.717, 1.165) is 18.7 Å².